The number of hydrogen-bond donors (Lipinski definition) is 0. The lowest BCUT2D eigenvalue weighted by molar-refractivity contribution is -0.189. The van der Waals surface area contributed by atoms with Gasteiger partial charge in [0.2, 0.25) is 0 Å². The van der Waals surface area contributed by atoms with E-state index in [1.807, 2.05) is 0 Å². The molecule has 3 nitrogen and oxygen atoms in total. The number of nitrogens with zero attached hydrogens (tertiary/aromatic N) is 1. The number of ether oxygens (including phenoxy) is 1. The fourth-order valence-electron chi connectivity index (χ4n) is 1.45. The van der Waals surface area contributed by atoms with Gasteiger partial charge in [0, 0.05) is 11.8 Å². The van der Waals surface area contributed by atoms with Crippen LogP contribution in [0.4, 0.5) is 13.2 Å². The summed E-state index contributed by atoms with van der Waals surface area (Å²) in [6.45, 7) is 0. The Balaban J connectivity index is 2.35. The standard InChI is InChI=1S/C13H8F3NO2/c14-13(15,16)12(18)19-11-7-2-1-5-9(11)10-6-3-4-8-17-10/h1-8H. The maximum Gasteiger partial charge on any atom is 0.491 e. The second-order valence-electron chi connectivity index (χ2n) is 3.60. The number of rotatable bonds is 2. The predicted octanol–water partition coefficient (Wildman–Crippen LogP) is 3.22. The van der Waals surface area contributed by atoms with Gasteiger partial charge in [-0.3, -0.25) is 4.98 Å². The van der Waals surface area contributed by atoms with Gasteiger partial charge in [-0.25, -0.2) is 4.79 Å². The molecule has 0 N–H and O–H groups in total. The van der Waals surface area contributed by atoms with E-state index in [1.165, 1.54) is 24.4 Å². The summed E-state index contributed by atoms with van der Waals surface area (Å²) in [6.07, 6.45) is -3.53. The van der Waals surface area contributed by atoms with Crippen molar-refractivity contribution < 1.29 is 22.7 Å². The number of halogens is 3. The average Bonchev–Trinajstić information content (AvgIpc) is 2.39. The molecule has 2 aromatic rings. The molecule has 0 aliphatic carbocycles. The lowest BCUT2D eigenvalue weighted by Gasteiger charge is -2.10. The molecule has 0 amide bonds. The zero-order valence-corrected chi connectivity index (χ0v) is 9.52. The van der Waals surface area contributed by atoms with E-state index in [1.54, 1.807) is 24.3 Å². The molecule has 0 fully saturated rings. The van der Waals surface area contributed by atoms with Crippen molar-refractivity contribution in [3.63, 3.8) is 0 Å². The van der Waals surface area contributed by atoms with E-state index in [-0.39, 0.29) is 5.75 Å². The highest BCUT2D eigenvalue weighted by Gasteiger charge is 2.41. The first-order valence-corrected chi connectivity index (χ1v) is 5.28. The summed E-state index contributed by atoms with van der Waals surface area (Å²) >= 11 is 0. The molecule has 1 aromatic heterocycles. The first-order chi connectivity index (χ1) is 8.98. The minimum atomic E-state index is -5.03. The SMILES string of the molecule is O=C(Oc1ccccc1-c1ccccn1)C(F)(F)F. The number of carbonyl (C=O) groups excluding carboxylic acids is 1. The van der Waals surface area contributed by atoms with Gasteiger partial charge in [-0.1, -0.05) is 18.2 Å². The molecule has 0 atom stereocenters. The number of carbonyl (C=O) groups is 1. The third-order valence-electron chi connectivity index (χ3n) is 2.26. The number of para-hydroxylation sites is 1. The maximum atomic E-state index is 12.2. The molecule has 0 spiro atoms. The van der Waals surface area contributed by atoms with Crippen molar-refractivity contribution in [1.82, 2.24) is 4.98 Å². The van der Waals surface area contributed by atoms with Crippen molar-refractivity contribution in [2.45, 2.75) is 6.18 Å². The van der Waals surface area contributed by atoms with Crippen LogP contribution < -0.4 is 4.74 Å². The number of alkyl halides is 3. The highest BCUT2D eigenvalue weighted by atomic mass is 19.4. The Morgan fingerprint density at radius 3 is 2.37 bits per heavy atom. The minimum Gasteiger partial charge on any atom is -0.419 e. The van der Waals surface area contributed by atoms with Gasteiger partial charge in [0.15, 0.2) is 0 Å². The Kier molecular flexibility index (Phi) is 3.50. The zero-order valence-electron chi connectivity index (χ0n) is 9.52. The fourth-order valence-corrected chi connectivity index (χ4v) is 1.45. The monoisotopic (exact) mass is 267 g/mol. The first kappa shape index (κ1) is 13.1. The van der Waals surface area contributed by atoms with Crippen LogP contribution in [0.15, 0.2) is 48.7 Å². The van der Waals surface area contributed by atoms with Gasteiger partial charge < -0.3 is 4.74 Å². The summed E-state index contributed by atoms with van der Waals surface area (Å²) in [5.41, 5.74) is 0.744. The molecule has 0 bridgehead atoms. The number of pyridine rings is 1. The smallest absolute Gasteiger partial charge is 0.419 e. The highest BCUT2D eigenvalue weighted by Crippen LogP contribution is 2.29. The number of aromatic nitrogens is 1. The topological polar surface area (TPSA) is 39.2 Å². The molecule has 0 saturated heterocycles. The molecular weight excluding hydrogens is 259 g/mol. The van der Waals surface area contributed by atoms with Gasteiger partial charge in [0.05, 0.1) is 5.69 Å². The fraction of sp³-hybridized carbons (Fsp3) is 0.0769. The molecule has 98 valence electrons. The van der Waals surface area contributed by atoms with Crippen molar-refractivity contribution in [2.24, 2.45) is 0 Å². The van der Waals surface area contributed by atoms with Crippen LogP contribution in [0.25, 0.3) is 11.3 Å². The van der Waals surface area contributed by atoms with E-state index < -0.39 is 12.1 Å². The molecule has 0 aliphatic rings. The van der Waals surface area contributed by atoms with Crippen LogP contribution in [-0.2, 0) is 4.79 Å². The molecule has 6 heteroatoms. The molecule has 0 unspecified atom stereocenters. The molecule has 1 heterocycles. The first-order valence-electron chi connectivity index (χ1n) is 5.28. The van der Waals surface area contributed by atoms with E-state index in [0.29, 0.717) is 11.3 Å². The maximum absolute atomic E-state index is 12.2. The van der Waals surface area contributed by atoms with Gasteiger partial charge in [-0.15, -0.1) is 0 Å². The second-order valence-corrected chi connectivity index (χ2v) is 3.60. The van der Waals surface area contributed by atoms with Crippen LogP contribution in [0, 0.1) is 0 Å². The molecule has 0 radical (unpaired) electrons. The lowest BCUT2D eigenvalue weighted by atomic mass is 10.1. The van der Waals surface area contributed by atoms with E-state index >= 15 is 0 Å². The third kappa shape index (κ3) is 3.09. The van der Waals surface area contributed by atoms with Gasteiger partial charge in [0.1, 0.15) is 5.75 Å². The van der Waals surface area contributed by atoms with Gasteiger partial charge in [-0.2, -0.15) is 13.2 Å². The van der Waals surface area contributed by atoms with Gasteiger partial charge >= 0.3 is 12.1 Å². The summed E-state index contributed by atoms with van der Waals surface area (Å²) < 4.78 is 40.9. The van der Waals surface area contributed by atoms with Crippen molar-refractivity contribution >= 4 is 5.97 Å². The molecule has 0 saturated carbocycles. The highest BCUT2D eigenvalue weighted by molar-refractivity contribution is 5.80. The van der Waals surface area contributed by atoms with Crippen LogP contribution in [0.3, 0.4) is 0 Å². The third-order valence-corrected chi connectivity index (χ3v) is 2.26. The predicted molar refractivity (Wildman–Crippen MR) is 61.4 cm³/mol. The Bertz CT molecular complexity index is 582. The van der Waals surface area contributed by atoms with Crippen molar-refractivity contribution in [3.05, 3.63) is 48.7 Å². The van der Waals surface area contributed by atoms with Crippen molar-refractivity contribution in [1.29, 1.82) is 0 Å². The summed E-state index contributed by atoms with van der Waals surface area (Å²) in [4.78, 5) is 14.9. The Morgan fingerprint density at radius 1 is 1.05 bits per heavy atom. The molecule has 2 rings (SSSR count). The molecule has 0 aliphatic heterocycles. The van der Waals surface area contributed by atoms with Gasteiger partial charge in [0.25, 0.3) is 0 Å². The molecule has 19 heavy (non-hydrogen) atoms. The Labute approximate surface area is 106 Å². The Morgan fingerprint density at radius 2 is 1.74 bits per heavy atom. The number of esters is 1. The second kappa shape index (κ2) is 5.09. The van der Waals surface area contributed by atoms with Crippen LogP contribution in [0.2, 0.25) is 0 Å². The van der Waals surface area contributed by atoms with E-state index in [0.717, 1.165) is 0 Å². The van der Waals surface area contributed by atoms with Crippen LogP contribution in [0.1, 0.15) is 0 Å². The minimum absolute atomic E-state index is 0.177. The van der Waals surface area contributed by atoms with E-state index in [4.69, 9.17) is 0 Å². The quantitative estimate of drug-likeness (QED) is 0.619. The molecule has 1 aromatic carbocycles. The summed E-state index contributed by atoms with van der Waals surface area (Å²) in [7, 11) is 0. The number of hydrogen-bond acceptors (Lipinski definition) is 3. The van der Waals surface area contributed by atoms with Crippen molar-refractivity contribution in [3.8, 4) is 17.0 Å². The van der Waals surface area contributed by atoms with Gasteiger partial charge in [-0.05, 0) is 24.3 Å². The van der Waals surface area contributed by atoms with E-state index in [2.05, 4.69) is 9.72 Å². The largest absolute Gasteiger partial charge is 0.491 e. The molecular formula is C13H8F3NO2. The summed E-state index contributed by atoms with van der Waals surface area (Å²) in [5, 5.41) is 0. The zero-order chi connectivity index (χ0) is 13.9. The summed E-state index contributed by atoms with van der Waals surface area (Å²) in [5.74, 6) is -2.43. The normalized spacial score (nSPS) is 11.1. The van der Waals surface area contributed by atoms with Crippen LogP contribution in [0.5, 0.6) is 5.75 Å². The van der Waals surface area contributed by atoms with E-state index in [9.17, 15) is 18.0 Å². The van der Waals surface area contributed by atoms with Crippen LogP contribution in [-0.4, -0.2) is 17.1 Å². The average molecular weight is 267 g/mol. The Hall–Kier alpha value is -2.37. The van der Waals surface area contributed by atoms with Crippen molar-refractivity contribution in [2.75, 3.05) is 0 Å². The number of benzene rings is 1. The lowest BCUT2D eigenvalue weighted by Crippen LogP contribution is -2.28. The summed E-state index contributed by atoms with van der Waals surface area (Å²) in [6, 6.07) is 10.9. The van der Waals surface area contributed by atoms with Crippen LogP contribution >= 0.6 is 0 Å².